The molecule has 1 fully saturated rings. The highest BCUT2D eigenvalue weighted by atomic mass is 35.5. The molecule has 0 bridgehead atoms. The van der Waals surface area contributed by atoms with Gasteiger partial charge in [0.15, 0.2) is 6.61 Å². The molecule has 17 heteroatoms. The van der Waals surface area contributed by atoms with Crippen LogP contribution in [0.5, 0.6) is 6.01 Å². The van der Waals surface area contributed by atoms with E-state index in [4.69, 9.17) is 21.1 Å². The summed E-state index contributed by atoms with van der Waals surface area (Å²) in [5.74, 6) is -2.66. The van der Waals surface area contributed by atoms with Crippen LogP contribution in [0.15, 0.2) is 48.5 Å². The summed E-state index contributed by atoms with van der Waals surface area (Å²) in [4.78, 5) is 60.6. The Morgan fingerprint density at radius 3 is 2.23 bits per heavy atom. The number of nitrogens with zero attached hydrogens (tertiary/aromatic N) is 3. The average molecular weight is 692 g/mol. The molecule has 1 aliphatic carbocycles. The molecule has 13 nitrogen and oxygen atoms in total. The first-order chi connectivity index (χ1) is 22.8. The SMILES string of the molecule is CNC(=O)C(=O)CCCC[C@H](NC(=O)c1ccc(Nc2nc(NC3(c4ccc(Cl)cc4)CC3)nc(OCC(F)(F)F)n2)cc1)C(=O)OC. The molecule has 1 aromatic heterocycles. The van der Waals surface area contributed by atoms with Gasteiger partial charge in [-0.1, -0.05) is 30.2 Å². The van der Waals surface area contributed by atoms with Gasteiger partial charge in [-0.25, -0.2) is 4.79 Å². The zero-order chi connectivity index (χ0) is 34.9. The lowest BCUT2D eigenvalue weighted by atomic mass is 10.1. The molecular formula is C31H33ClF3N7O6. The lowest BCUT2D eigenvalue weighted by molar-refractivity contribution is -0.154. The van der Waals surface area contributed by atoms with Crippen molar-refractivity contribution < 1.29 is 41.8 Å². The van der Waals surface area contributed by atoms with E-state index in [1.165, 1.54) is 38.4 Å². The number of unbranched alkanes of at least 4 members (excludes halogenated alkanes) is 1. The van der Waals surface area contributed by atoms with E-state index in [1.54, 1.807) is 12.1 Å². The largest absolute Gasteiger partial charge is 0.467 e. The van der Waals surface area contributed by atoms with Crippen LogP contribution in [0, 0.1) is 0 Å². The molecule has 2 amide bonds. The minimum atomic E-state index is -4.62. The van der Waals surface area contributed by atoms with E-state index < -0.39 is 53.9 Å². The number of benzene rings is 2. The molecule has 3 aromatic rings. The summed E-state index contributed by atoms with van der Waals surface area (Å²) in [5, 5.41) is 11.5. The highest BCUT2D eigenvalue weighted by Gasteiger charge is 2.45. The number of amides is 2. The Hall–Kier alpha value is -4.99. The lowest BCUT2D eigenvalue weighted by Crippen LogP contribution is -2.41. The van der Waals surface area contributed by atoms with Gasteiger partial charge in [0.25, 0.3) is 11.8 Å². The number of hydrogen-bond acceptors (Lipinski definition) is 11. The second kappa shape index (κ2) is 15.7. The van der Waals surface area contributed by atoms with Crippen molar-refractivity contribution in [1.29, 1.82) is 0 Å². The van der Waals surface area contributed by atoms with Crippen molar-refractivity contribution in [3.8, 4) is 6.01 Å². The molecule has 1 atom stereocenters. The maximum Gasteiger partial charge on any atom is 0.422 e. The molecule has 1 saturated carbocycles. The van der Waals surface area contributed by atoms with Crippen molar-refractivity contribution >= 4 is 52.8 Å². The zero-order valence-corrected chi connectivity index (χ0v) is 26.7. The predicted molar refractivity (Wildman–Crippen MR) is 168 cm³/mol. The first-order valence-electron chi connectivity index (χ1n) is 14.8. The summed E-state index contributed by atoms with van der Waals surface area (Å²) in [7, 11) is 2.54. The third-order valence-corrected chi connectivity index (χ3v) is 7.55. The number of esters is 1. The molecule has 0 unspecified atom stereocenters. The number of anilines is 3. The molecule has 256 valence electrons. The van der Waals surface area contributed by atoms with Crippen molar-refractivity contribution in [3.63, 3.8) is 0 Å². The summed E-state index contributed by atoms with van der Waals surface area (Å²) in [6.07, 6.45) is -2.32. The fraction of sp³-hybridized carbons (Fsp3) is 0.387. The molecule has 1 heterocycles. The normalized spacial score (nSPS) is 13.9. The molecule has 1 aliphatic rings. The summed E-state index contributed by atoms with van der Waals surface area (Å²) >= 11 is 6.01. The van der Waals surface area contributed by atoms with Gasteiger partial charge in [-0.05, 0) is 67.6 Å². The monoisotopic (exact) mass is 691 g/mol. The molecule has 2 aromatic carbocycles. The van der Waals surface area contributed by atoms with Gasteiger partial charge in [0, 0.05) is 29.7 Å². The van der Waals surface area contributed by atoms with Crippen LogP contribution in [0.2, 0.25) is 5.02 Å². The van der Waals surface area contributed by atoms with Gasteiger partial charge in [-0.2, -0.15) is 28.1 Å². The average Bonchev–Trinajstić information content (AvgIpc) is 3.84. The predicted octanol–water partition coefficient (Wildman–Crippen LogP) is 4.46. The van der Waals surface area contributed by atoms with Gasteiger partial charge in [0.05, 0.1) is 12.6 Å². The quantitative estimate of drug-likeness (QED) is 0.0949. The topological polar surface area (TPSA) is 174 Å². The van der Waals surface area contributed by atoms with Crippen LogP contribution in [-0.4, -0.2) is 71.5 Å². The van der Waals surface area contributed by atoms with Crippen LogP contribution in [0.4, 0.5) is 30.8 Å². The minimum absolute atomic E-state index is 0.00606. The molecule has 0 radical (unpaired) electrons. The number of aromatic nitrogens is 3. The van der Waals surface area contributed by atoms with Crippen molar-refractivity contribution in [2.24, 2.45) is 0 Å². The number of halogens is 4. The van der Waals surface area contributed by atoms with Crippen LogP contribution >= 0.6 is 11.6 Å². The van der Waals surface area contributed by atoms with Gasteiger partial charge >= 0.3 is 18.2 Å². The first-order valence-corrected chi connectivity index (χ1v) is 15.2. The maximum absolute atomic E-state index is 12.9. The number of carbonyl (C=O) groups is 4. The van der Waals surface area contributed by atoms with E-state index >= 15 is 0 Å². The van der Waals surface area contributed by atoms with E-state index in [-0.39, 0.29) is 30.3 Å². The van der Waals surface area contributed by atoms with E-state index in [1.807, 2.05) is 12.1 Å². The molecular weight excluding hydrogens is 659 g/mol. The Morgan fingerprint density at radius 2 is 1.62 bits per heavy atom. The number of ether oxygens (including phenoxy) is 2. The van der Waals surface area contributed by atoms with Crippen molar-refractivity contribution in [2.75, 3.05) is 31.4 Å². The second-order valence-corrected chi connectivity index (χ2v) is 11.3. The van der Waals surface area contributed by atoms with Crippen molar-refractivity contribution in [1.82, 2.24) is 25.6 Å². The Labute approximate surface area is 278 Å². The smallest absolute Gasteiger partial charge is 0.422 e. The number of hydrogen-bond donors (Lipinski definition) is 4. The Bertz CT molecular complexity index is 1620. The third-order valence-electron chi connectivity index (χ3n) is 7.30. The molecule has 0 aliphatic heterocycles. The van der Waals surface area contributed by atoms with Crippen LogP contribution in [0.3, 0.4) is 0 Å². The molecule has 4 N–H and O–H groups in total. The third kappa shape index (κ3) is 10.3. The number of carbonyl (C=O) groups excluding carboxylic acids is 4. The van der Waals surface area contributed by atoms with E-state index in [2.05, 4.69) is 36.2 Å². The van der Waals surface area contributed by atoms with Gasteiger partial charge in [0.2, 0.25) is 17.7 Å². The van der Waals surface area contributed by atoms with Gasteiger partial charge in [-0.3, -0.25) is 14.4 Å². The van der Waals surface area contributed by atoms with Crippen LogP contribution in [-0.2, 0) is 24.7 Å². The lowest BCUT2D eigenvalue weighted by Gasteiger charge is -2.19. The molecule has 0 spiro atoms. The first kappa shape index (κ1) is 35.9. The summed E-state index contributed by atoms with van der Waals surface area (Å²) < 4.78 is 48.3. The highest BCUT2D eigenvalue weighted by Crippen LogP contribution is 2.48. The Kier molecular flexibility index (Phi) is 11.8. The number of rotatable bonds is 16. The molecule has 48 heavy (non-hydrogen) atoms. The van der Waals surface area contributed by atoms with Gasteiger partial charge < -0.3 is 30.7 Å². The molecule has 4 rings (SSSR count). The maximum atomic E-state index is 12.9. The zero-order valence-electron chi connectivity index (χ0n) is 25.9. The van der Waals surface area contributed by atoms with Crippen molar-refractivity contribution in [2.45, 2.75) is 56.3 Å². The number of Topliss-reactive ketones (excluding diaryl/α,β-unsaturated/α-hetero) is 1. The number of alkyl halides is 3. The van der Waals surface area contributed by atoms with Gasteiger partial charge in [0.1, 0.15) is 6.04 Å². The van der Waals surface area contributed by atoms with E-state index in [0.717, 1.165) is 18.4 Å². The molecule has 0 saturated heterocycles. The summed E-state index contributed by atoms with van der Waals surface area (Å²) in [6, 6.07) is 11.5. The number of methoxy groups -OCH3 is 1. The van der Waals surface area contributed by atoms with E-state index in [9.17, 15) is 32.3 Å². The van der Waals surface area contributed by atoms with E-state index in [0.29, 0.717) is 23.6 Å². The standard InChI is InChI=1S/C31H33ClF3N7O6/c1-36-25(45)23(43)6-4-3-5-22(26(46)47-2)38-24(44)18-7-13-21(14-8-18)37-27-39-28(41-29(40-27)48-17-31(33,34)35)42-30(15-16-30)19-9-11-20(32)12-10-19/h7-14,22H,3-6,15-17H2,1-2H3,(H,36,45)(H,38,44)(H2,37,39,40,41,42)/t22-/m0/s1. The Balaban J connectivity index is 1.43. The minimum Gasteiger partial charge on any atom is -0.467 e. The highest BCUT2D eigenvalue weighted by molar-refractivity contribution is 6.36. The van der Waals surface area contributed by atoms with Crippen LogP contribution in [0.1, 0.15) is 54.4 Å². The summed E-state index contributed by atoms with van der Waals surface area (Å²) in [6.45, 7) is -1.61. The Morgan fingerprint density at radius 1 is 0.958 bits per heavy atom. The van der Waals surface area contributed by atoms with Crippen molar-refractivity contribution in [3.05, 3.63) is 64.7 Å². The fourth-order valence-electron chi connectivity index (χ4n) is 4.63. The van der Waals surface area contributed by atoms with Gasteiger partial charge in [-0.15, -0.1) is 0 Å². The number of nitrogens with one attached hydrogen (secondary N) is 4. The second-order valence-electron chi connectivity index (χ2n) is 10.9. The number of ketones is 1. The summed E-state index contributed by atoms with van der Waals surface area (Å²) in [5.41, 5.74) is 0.939. The van der Waals surface area contributed by atoms with Crippen LogP contribution in [0.25, 0.3) is 0 Å². The number of likely N-dealkylation sites (N-methyl/N-ethyl adjacent to an activating group) is 1. The fourth-order valence-corrected chi connectivity index (χ4v) is 4.75. The van der Waals surface area contributed by atoms with Crippen LogP contribution < -0.4 is 26.0 Å².